The first-order valence-electron chi connectivity index (χ1n) is 7.57. The number of hydrogen-bond acceptors (Lipinski definition) is 2. The third kappa shape index (κ3) is 2.03. The maximum Gasteiger partial charge on any atom is 0.330 e. The van der Waals surface area contributed by atoms with Crippen LogP contribution in [0.1, 0.15) is 46.5 Å². The third-order valence-corrected chi connectivity index (χ3v) is 5.05. The molecule has 1 atom stereocenters. The molecule has 0 saturated carbocycles. The number of allylic oxidation sites excluding steroid dienone is 2. The zero-order chi connectivity index (χ0) is 16.0. The van der Waals surface area contributed by atoms with Gasteiger partial charge >= 0.3 is 6.03 Å². The first-order chi connectivity index (χ1) is 9.68. The van der Waals surface area contributed by atoms with E-state index in [0.717, 1.165) is 31.4 Å². The fraction of sp³-hybridized carbons (Fsp3) is 0.647. The fourth-order valence-electron chi connectivity index (χ4n) is 3.87. The van der Waals surface area contributed by atoms with E-state index >= 15 is 0 Å². The van der Waals surface area contributed by atoms with Crippen molar-refractivity contribution in [3.05, 3.63) is 23.9 Å². The zero-order valence-electron chi connectivity index (χ0n) is 13.8. The average Bonchev–Trinajstić information content (AvgIpc) is 2.80. The van der Waals surface area contributed by atoms with Crippen molar-refractivity contribution in [3.63, 3.8) is 0 Å². The lowest BCUT2D eigenvalue weighted by Gasteiger charge is -2.50. The molecule has 1 heterocycles. The van der Waals surface area contributed by atoms with Crippen molar-refractivity contribution in [3.8, 4) is 0 Å². The van der Waals surface area contributed by atoms with Crippen LogP contribution in [0, 0.1) is 10.8 Å². The van der Waals surface area contributed by atoms with Crippen molar-refractivity contribution < 1.29 is 9.59 Å². The van der Waals surface area contributed by atoms with E-state index in [1.807, 2.05) is 6.08 Å². The average molecular weight is 290 g/mol. The molecule has 1 aliphatic heterocycles. The number of hydrogen-bond donors (Lipinski definition) is 0. The van der Waals surface area contributed by atoms with E-state index in [9.17, 15) is 9.59 Å². The Bertz CT molecular complexity index is 527. The summed E-state index contributed by atoms with van der Waals surface area (Å²) in [5.74, 6) is -0.0540. The number of imide groups is 1. The minimum Gasteiger partial charge on any atom is -0.300 e. The second-order valence-electron chi connectivity index (χ2n) is 7.14. The van der Waals surface area contributed by atoms with Gasteiger partial charge in [0.15, 0.2) is 0 Å². The quantitative estimate of drug-likeness (QED) is 0.746. The van der Waals surface area contributed by atoms with Crippen LogP contribution in [0.15, 0.2) is 23.9 Å². The van der Waals surface area contributed by atoms with Gasteiger partial charge in [-0.3, -0.25) is 14.6 Å². The molecule has 21 heavy (non-hydrogen) atoms. The van der Waals surface area contributed by atoms with Gasteiger partial charge in [-0.05, 0) is 36.7 Å². The van der Waals surface area contributed by atoms with Gasteiger partial charge in [0.2, 0.25) is 5.91 Å². The molecule has 1 fully saturated rings. The number of nitrogens with zero attached hydrogens (tertiary/aromatic N) is 2. The summed E-state index contributed by atoms with van der Waals surface area (Å²) in [6, 6.07) is -0.229. The van der Waals surface area contributed by atoms with Crippen molar-refractivity contribution in [2.45, 2.75) is 46.5 Å². The Morgan fingerprint density at radius 1 is 1.24 bits per heavy atom. The molecule has 4 nitrogen and oxygen atoms in total. The lowest BCUT2D eigenvalue weighted by atomic mass is 9.62. The fourth-order valence-corrected chi connectivity index (χ4v) is 3.87. The van der Waals surface area contributed by atoms with Gasteiger partial charge in [-0.1, -0.05) is 26.8 Å². The molecule has 0 radical (unpaired) electrons. The predicted octanol–water partition coefficient (Wildman–Crippen LogP) is 3.56. The minimum atomic E-state index is -0.582. The molecule has 3 amide bonds. The Kier molecular flexibility index (Phi) is 3.77. The largest absolute Gasteiger partial charge is 0.330 e. The molecule has 116 valence electrons. The summed E-state index contributed by atoms with van der Waals surface area (Å²) in [5, 5.41) is 0. The Labute approximate surface area is 127 Å². The number of carbonyl (C=O) groups is 2. The highest BCUT2D eigenvalue weighted by Crippen LogP contribution is 2.58. The third-order valence-electron chi connectivity index (χ3n) is 5.05. The molecule has 0 aromatic rings. The topological polar surface area (TPSA) is 40.6 Å². The number of carbonyl (C=O) groups excluding carboxylic acids is 2. The minimum absolute atomic E-state index is 0.0540. The van der Waals surface area contributed by atoms with Crippen molar-refractivity contribution >= 4 is 11.9 Å². The molecule has 0 aromatic heterocycles. The van der Waals surface area contributed by atoms with Gasteiger partial charge in [0.05, 0.1) is 5.41 Å². The van der Waals surface area contributed by atoms with Crippen LogP contribution >= 0.6 is 0 Å². The van der Waals surface area contributed by atoms with Crippen molar-refractivity contribution in [2.75, 3.05) is 14.1 Å². The highest BCUT2D eigenvalue weighted by atomic mass is 16.2. The van der Waals surface area contributed by atoms with E-state index in [2.05, 4.69) is 27.4 Å². The summed E-state index contributed by atoms with van der Waals surface area (Å²) in [6.45, 7) is 10.1. The molecule has 1 saturated heterocycles. The Morgan fingerprint density at radius 2 is 1.86 bits per heavy atom. The van der Waals surface area contributed by atoms with Gasteiger partial charge < -0.3 is 0 Å². The van der Waals surface area contributed by atoms with E-state index in [0.29, 0.717) is 0 Å². The molecule has 1 unspecified atom stereocenters. The molecule has 1 aliphatic carbocycles. The Hall–Kier alpha value is -1.58. The SMILES string of the molecule is C=CCCC1=C2N(C)C(=O)N(C)C(=O)C2(C(C)(C)C)CC1. The van der Waals surface area contributed by atoms with E-state index in [4.69, 9.17) is 0 Å². The maximum absolute atomic E-state index is 13.0. The number of urea groups is 1. The van der Waals surface area contributed by atoms with Gasteiger partial charge in [-0.15, -0.1) is 6.58 Å². The highest BCUT2D eigenvalue weighted by Gasteiger charge is 2.60. The Morgan fingerprint density at radius 3 is 2.38 bits per heavy atom. The molecule has 0 aromatic carbocycles. The molecule has 0 spiro atoms. The van der Waals surface area contributed by atoms with Crippen LogP contribution in [-0.4, -0.2) is 35.8 Å². The van der Waals surface area contributed by atoms with Crippen molar-refractivity contribution in [1.82, 2.24) is 9.80 Å². The van der Waals surface area contributed by atoms with Crippen LogP contribution in [0.5, 0.6) is 0 Å². The first-order valence-corrected chi connectivity index (χ1v) is 7.57. The molecular weight excluding hydrogens is 264 g/mol. The number of fused-ring (bicyclic) bond motifs is 1. The molecule has 2 rings (SSSR count). The van der Waals surface area contributed by atoms with Crippen LogP contribution in [0.25, 0.3) is 0 Å². The van der Waals surface area contributed by atoms with Gasteiger partial charge in [-0.2, -0.15) is 0 Å². The van der Waals surface area contributed by atoms with Crippen LogP contribution in [0.4, 0.5) is 4.79 Å². The van der Waals surface area contributed by atoms with Crippen molar-refractivity contribution in [2.24, 2.45) is 10.8 Å². The predicted molar refractivity (Wildman–Crippen MR) is 83.5 cm³/mol. The lowest BCUT2D eigenvalue weighted by molar-refractivity contribution is -0.145. The lowest BCUT2D eigenvalue weighted by Crippen LogP contribution is -2.61. The summed E-state index contributed by atoms with van der Waals surface area (Å²) >= 11 is 0. The summed E-state index contributed by atoms with van der Waals surface area (Å²) in [4.78, 5) is 28.3. The normalized spacial score (nSPS) is 26.5. The van der Waals surface area contributed by atoms with E-state index in [1.54, 1.807) is 19.0 Å². The molecule has 0 N–H and O–H groups in total. The maximum atomic E-state index is 13.0. The Balaban J connectivity index is 2.63. The van der Waals surface area contributed by atoms with Gasteiger partial charge in [0, 0.05) is 19.8 Å². The van der Waals surface area contributed by atoms with Gasteiger partial charge in [0.1, 0.15) is 0 Å². The second-order valence-corrected chi connectivity index (χ2v) is 7.14. The summed E-state index contributed by atoms with van der Waals surface area (Å²) in [5.41, 5.74) is 1.38. The zero-order valence-corrected chi connectivity index (χ0v) is 13.8. The highest BCUT2D eigenvalue weighted by molar-refractivity contribution is 6.03. The number of rotatable bonds is 3. The van der Waals surface area contributed by atoms with Crippen LogP contribution in [0.3, 0.4) is 0 Å². The van der Waals surface area contributed by atoms with E-state index < -0.39 is 5.41 Å². The van der Waals surface area contributed by atoms with Crippen LogP contribution < -0.4 is 0 Å². The molecule has 4 heteroatoms. The van der Waals surface area contributed by atoms with Gasteiger partial charge in [0.25, 0.3) is 0 Å². The molecular formula is C17H26N2O2. The summed E-state index contributed by atoms with van der Waals surface area (Å²) in [6.07, 6.45) is 5.33. The smallest absolute Gasteiger partial charge is 0.300 e. The standard InChI is InChI=1S/C17H26N2O2/c1-7-8-9-12-10-11-17(16(2,3)4)13(12)18(5)15(21)19(6)14(17)20/h7H,1,8-11H2,2-6H3. The summed E-state index contributed by atoms with van der Waals surface area (Å²) < 4.78 is 0. The molecule has 2 aliphatic rings. The number of amides is 3. The first kappa shape index (κ1) is 15.8. The van der Waals surface area contributed by atoms with Crippen LogP contribution in [0.2, 0.25) is 0 Å². The van der Waals surface area contributed by atoms with Crippen molar-refractivity contribution in [1.29, 1.82) is 0 Å². The second kappa shape index (κ2) is 5.00. The summed E-state index contributed by atoms with van der Waals surface area (Å²) in [7, 11) is 3.38. The van der Waals surface area contributed by atoms with E-state index in [1.165, 1.54) is 10.5 Å². The monoisotopic (exact) mass is 290 g/mol. The van der Waals surface area contributed by atoms with Gasteiger partial charge in [-0.25, -0.2) is 4.79 Å². The molecule has 0 bridgehead atoms. The van der Waals surface area contributed by atoms with E-state index in [-0.39, 0.29) is 17.4 Å². The van der Waals surface area contributed by atoms with Crippen LogP contribution in [-0.2, 0) is 4.79 Å².